The predicted molar refractivity (Wildman–Crippen MR) is 72.0 cm³/mol. The minimum Gasteiger partial charge on any atom is -0.388 e. The maximum absolute atomic E-state index is 13.8. The van der Waals surface area contributed by atoms with Gasteiger partial charge in [-0.1, -0.05) is 11.6 Å². The maximum Gasteiger partial charge on any atom is 0.143 e. The molecule has 2 aromatic rings. The molecule has 2 nitrogen and oxygen atoms in total. The van der Waals surface area contributed by atoms with Crippen molar-refractivity contribution in [3.05, 3.63) is 62.8 Å². The standard InChI is InChI=1S/C13H9BrClF2NO/c14-9-1-2-11(16)8(13(9)17)5-12(19)7-3-4-18-6-10(7)15/h1-4,6,12,19H,5H2. The molecule has 1 heterocycles. The number of aromatic nitrogens is 1. The molecule has 0 saturated heterocycles. The Morgan fingerprint density at radius 2 is 2.05 bits per heavy atom. The van der Waals surface area contributed by atoms with Crippen molar-refractivity contribution >= 4 is 27.5 Å². The van der Waals surface area contributed by atoms with Gasteiger partial charge in [0.2, 0.25) is 0 Å². The van der Waals surface area contributed by atoms with Crippen molar-refractivity contribution in [2.45, 2.75) is 12.5 Å². The number of halogens is 4. The lowest BCUT2D eigenvalue weighted by atomic mass is 10.0. The second-order valence-corrected chi connectivity index (χ2v) is 5.20. The van der Waals surface area contributed by atoms with Crippen molar-refractivity contribution < 1.29 is 13.9 Å². The van der Waals surface area contributed by atoms with E-state index in [1.807, 2.05) is 0 Å². The lowest BCUT2D eigenvalue weighted by molar-refractivity contribution is 0.175. The minimum atomic E-state index is -1.10. The first-order valence-corrected chi connectivity index (χ1v) is 6.57. The molecule has 0 spiro atoms. The lowest BCUT2D eigenvalue weighted by Gasteiger charge is -2.14. The van der Waals surface area contributed by atoms with Gasteiger partial charge in [-0.05, 0) is 34.1 Å². The van der Waals surface area contributed by atoms with E-state index in [-0.39, 0.29) is 21.5 Å². The third-order valence-electron chi connectivity index (χ3n) is 2.70. The summed E-state index contributed by atoms with van der Waals surface area (Å²) in [5.74, 6) is -1.42. The predicted octanol–water partition coefficient (Wildman–Crippen LogP) is 4.05. The first kappa shape index (κ1) is 14.4. The number of aliphatic hydroxyl groups is 1. The molecule has 100 valence electrons. The zero-order chi connectivity index (χ0) is 14.0. The van der Waals surface area contributed by atoms with Crippen LogP contribution in [0.15, 0.2) is 35.1 Å². The Morgan fingerprint density at radius 3 is 2.74 bits per heavy atom. The summed E-state index contributed by atoms with van der Waals surface area (Å²) < 4.78 is 27.5. The number of pyridine rings is 1. The van der Waals surface area contributed by atoms with E-state index >= 15 is 0 Å². The molecule has 0 saturated carbocycles. The summed E-state index contributed by atoms with van der Waals surface area (Å²) in [6.45, 7) is 0. The molecule has 6 heteroatoms. The highest BCUT2D eigenvalue weighted by Crippen LogP contribution is 2.29. The third-order valence-corrected chi connectivity index (χ3v) is 3.63. The normalized spacial score (nSPS) is 12.5. The summed E-state index contributed by atoms with van der Waals surface area (Å²) in [5, 5.41) is 10.3. The summed E-state index contributed by atoms with van der Waals surface area (Å²) >= 11 is 8.86. The van der Waals surface area contributed by atoms with Crippen LogP contribution < -0.4 is 0 Å². The van der Waals surface area contributed by atoms with Crippen LogP contribution in [0.5, 0.6) is 0 Å². The van der Waals surface area contributed by atoms with E-state index in [1.165, 1.54) is 24.5 Å². The van der Waals surface area contributed by atoms with Crippen LogP contribution in [0.25, 0.3) is 0 Å². The molecule has 0 fully saturated rings. The second kappa shape index (κ2) is 5.94. The summed E-state index contributed by atoms with van der Waals surface area (Å²) in [7, 11) is 0. The molecule has 1 atom stereocenters. The number of rotatable bonds is 3. The topological polar surface area (TPSA) is 33.1 Å². The van der Waals surface area contributed by atoms with Gasteiger partial charge < -0.3 is 5.11 Å². The lowest BCUT2D eigenvalue weighted by Crippen LogP contribution is -2.07. The molecule has 1 aromatic heterocycles. The molecule has 0 amide bonds. The van der Waals surface area contributed by atoms with Gasteiger partial charge in [-0.3, -0.25) is 4.98 Å². The first-order valence-electron chi connectivity index (χ1n) is 5.40. The molecular weight excluding hydrogens is 340 g/mol. The van der Waals surface area contributed by atoms with Gasteiger partial charge in [0.15, 0.2) is 0 Å². The van der Waals surface area contributed by atoms with Crippen molar-refractivity contribution in [1.82, 2.24) is 4.98 Å². The van der Waals surface area contributed by atoms with Gasteiger partial charge in [-0.2, -0.15) is 0 Å². The highest BCUT2D eigenvalue weighted by molar-refractivity contribution is 9.10. The number of nitrogens with zero attached hydrogens (tertiary/aromatic N) is 1. The SMILES string of the molecule is OC(Cc1c(F)ccc(Br)c1F)c1ccncc1Cl. The molecular formula is C13H9BrClF2NO. The summed E-state index contributed by atoms with van der Waals surface area (Å²) in [6, 6.07) is 3.93. The fraction of sp³-hybridized carbons (Fsp3) is 0.154. The van der Waals surface area contributed by atoms with Crippen molar-refractivity contribution in [3.8, 4) is 0 Å². The molecule has 2 rings (SSSR count). The average molecular weight is 349 g/mol. The third kappa shape index (κ3) is 3.11. The first-order chi connectivity index (χ1) is 9.00. The van der Waals surface area contributed by atoms with Crippen molar-refractivity contribution in [3.63, 3.8) is 0 Å². The van der Waals surface area contributed by atoms with Gasteiger partial charge in [0, 0.05) is 29.9 Å². The summed E-state index contributed by atoms with van der Waals surface area (Å²) in [6.07, 6.45) is 1.51. The van der Waals surface area contributed by atoms with Gasteiger partial charge in [0.1, 0.15) is 11.6 Å². The number of hydrogen-bond donors (Lipinski definition) is 1. The fourth-order valence-corrected chi connectivity index (χ4v) is 2.33. The van der Waals surface area contributed by atoms with Gasteiger partial charge in [-0.15, -0.1) is 0 Å². The Labute approximate surface area is 122 Å². The summed E-state index contributed by atoms with van der Waals surface area (Å²) in [5.41, 5.74) is 0.199. The Morgan fingerprint density at radius 1 is 1.32 bits per heavy atom. The quantitative estimate of drug-likeness (QED) is 0.849. The maximum atomic E-state index is 13.8. The van der Waals surface area contributed by atoms with Crippen LogP contribution in [0.1, 0.15) is 17.2 Å². The zero-order valence-corrected chi connectivity index (χ0v) is 11.9. The molecule has 0 aliphatic carbocycles. The largest absolute Gasteiger partial charge is 0.388 e. The smallest absolute Gasteiger partial charge is 0.143 e. The van der Waals surface area contributed by atoms with Crippen LogP contribution in [-0.4, -0.2) is 10.1 Å². The van der Waals surface area contributed by atoms with E-state index in [1.54, 1.807) is 0 Å². The Balaban J connectivity index is 2.32. The number of benzene rings is 1. The van der Waals surface area contributed by atoms with Crippen molar-refractivity contribution in [2.75, 3.05) is 0 Å². The van der Waals surface area contributed by atoms with Crippen LogP contribution in [-0.2, 0) is 6.42 Å². The zero-order valence-electron chi connectivity index (χ0n) is 9.58. The van der Waals surface area contributed by atoms with Gasteiger partial charge in [0.25, 0.3) is 0 Å². The molecule has 0 radical (unpaired) electrons. The molecule has 0 aliphatic heterocycles. The van der Waals surface area contributed by atoms with Crippen LogP contribution in [0, 0.1) is 11.6 Å². The van der Waals surface area contributed by atoms with E-state index in [4.69, 9.17) is 11.6 Å². The van der Waals surface area contributed by atoms with E-state index in [2.05, 4.69) is 20.9 Å². The second-order valence-electron chi connectivity index (χ2n) is 3.94. The van der Waals surface area contributed by atoms with Crippen LogP contribution in [0.4, 0.5) is 8.78 Å². The van der Waals surface area contributed by atoms with E-state index in [0.29, 0.717) is 5.56 Å². The van der Waals surface area contributed by atoms with Crippen LogP contribution in [0.3, 0.4) is 0 Å². The highest BCUT2D eigenvalue weighted by atomic mass is 79.9. The van der Waals surface area contributed by atoms with Gasteiger partial charge in [-0.25, -0.2) is 8.78 Å². The Bertz CT molecular complexity index is 609. The van der Waals surface area contributed by atoms with E-state index < -0.39 is 17.7 Å². The number of aliphatic hydroxyl groups excluding tert-OH is 1. The molecule has 0 aliphatic rings. The van der Waals surface area contributed by atoms with Gasteiger partial charge in [0.05, 0.1) is 15.6 Å². The fourth-order valence-electron chi connectivity index (χ4n) is 1.72. The van der Waals surface area contributed by atoms with E-state index in [9.17, 15) is 13.9 Å². The highest BCUT2D eigenvalue weighted by Gasteiger charge is 2.19. The van der Waals surface area contributed by atoms with E-state index in [0.717, 1.165) is 6.07 Å². The molecule has 1 unspecified atom stereocenters. The number of hydrogen-bond acceptors (Lipinski definition) is 2. The molecule has 19 heavy (non-hydrogen) atoms. The van der Waals surface area contributed by atoms with Crippen LogP contribution >= 0.6 is 27.5 Å². The molecule has 1 N–H and O–H groups in total. The van der Waals surface area contributed by atoms with Gasteiger partial charge >= 0.3 is 0 Å². The Kier molecular flexibility index (Phi) is 4.50. The molecule has 0 bridgehead atoms. The van der Waals surface area contributed by atoms with Crippen molar-refractivity contribution in [2.24, 2.45) is 0 Å². The van der Waals surface area contributed by atoms with Crippen molar-refractivity contribution in [1.29, 1.82) is 0 Å². The monoisotopic (exact) mass is 347 g/mol. The Hall–Kier alpha value is -1.04. The summed E-state index contributed by atoms with van der Waals surface area (Å²) in [4.78, 5) is 3.78. The molecule has 1 aromatic carbocycles. The van der Waals surface area contributed by atoms with Crippen LogP contribution in [0.2, 0.25) is 5.02 Å². The minimum absolute atomic E-state index is 0.150. The average Bonchev–Trinajstić information content (AvgIpc) is 2.39.